The Labute approximate surface area is 163 Å². The summed E-state index contributed by atoms with van der Waals surface area (Å²) in [7, 11) is -3.59. The molecular weight excluding hydrogens is 386 g/mol. The molecule has 0 unspecified atom stereocenters. The zero-order chi connectivity index (χ0) is 20.0. The maximum absolute atomic E-state index is 12.7. The molecular formula is C18H23N3O4S2. The van der Waals surface area contributed by atoms with Crippen LogP contribution in [0.3, 0.4) is 0 Å². The molecule has 0 aliphatic carbocycles. The molecule has 7 nitrogen and oxygen atoms in total. The van der Waals surface area contributed by atoms with Gasteiger partial charge in [0.15, 0.2) is 0 Å². The van der Waals surface area contributed by atoms with Crippen LogP contribution in [-0.2, 0) is 10.0 Å². The predicted molar refractivity (Wildman–Crippen MR) is 107 cm³/mol. The zero-order valence-electron chi connectivity index (χ0n) is 15.3. The van der Waals surface area contributed by atoms with E-state index in [1.54, 1.807) is 5.38 Å². The smallest absolute Gasteiger partial charge is 0.256 e. The van der Waals surface area contributed by atoms with Crippen LogP contribution in [0, 0.1) is 0 Å². The summed E-state index contributed by atoms with van der Waals surface area (Å²) >= 11 is 1.19. The van der Waals surface area contributed by atoms with Crippen LogP contribution >= 0.6 is 11.3 Å². The topological polar surface area (TPSA) is 110 Å². The number of carbonyl (C=O) groups is 2. The number of nitrogens with two attached hydrogens (primary N) is 1. The third kappa shape index (κ3) is 4.94. The van der Waals surface area contributed by atoms with Crippen LogP contribution in [0.4, 0.5) is 5.00 Å². The number of rotatable bonds is 9. The van der Waals surface area contributed by atoms with E-state index in [4.69, 9.17) is 5.73 Å². The van der Waals surface area contributed by atoms with Gasteiger partial charge in [0.2, 0.25) is 10.0 Å². The number of thiophene rings is 1. The van der Waals surface area contributed by atoms with E-state index in [1.807, 2.05) is 13.8 Å². The SMILES string of the molecule is CCCN(CCC)S(=O)(=O)c1ccc(C(=O)Nc2sccc2C(N)=O)cc1. The van der Waals surface area contributed by atoms with Crippen molar-refractivity contribution in [1.29, 1.82) is 0 Å². The molecule has 0 atom stereocenters. The fourth-order valence-corrected chi connectivity index (χ4v) is 4.97. The maximum atomic E-state index is 12.7. The van der Waals surface area contributed by atoms with Gasteiger partial charge in [-0.05, 0) is 48.6 Å². The minimum atomic E-state index is -3.59. The number of carbonyl (C=O) groups excluding carboxylic acids is 2. The average molecular weight is 410 g/mol. The van der Waals surface area contributed by atoms with Gasteiger partial charge in [0.1, 0.15) is 5.00 Å². The molecule has 0 saturated carbocycles. The quantitative estimate of drug-likeness (QED) is 0.663. The van der Waals surface area contributed by atoms with Crippen LogP contribution in [0.15, 0.2) is 40.6 Å². The summed E-state index contributed by atoms with van der Waals surface area (Å²) in [4.78, 5) is 23.9. The highest BCUT2D eigenvalue weighted by Gasteiger charge is 2.23. The summed E-state index contributed by atoms with van der Waals surface area (Å²) in [5.74, 6) is -1.07. The highest BCUT2D eigenvalue weighted by molar-refractivity contribution is 7.89. The Morgan fingerprint density at radius 1 is 1.07 bits per heavy atom. The van der Waals surface area contributed by atoms with Crippen LogP contribution in [0.1, 0.15) is 47.4 Å². The summed E-state index contributed by atoms with van der Waals surface area (Å²) in [5, 5.41) is 4.65. The van der Waals surface area contributed by atoms with Crippen molar-refractivity contribution >= 4 is 38.2 Å². The molecule has 1 heterocycles. The first kappa shape index (κ1) is 21.1. The molecule has 0 fully saturated rings. The Hall–Kier alpha value is -2.23. The van der Waals surface area contributed by atoms with Crippen LogP contribution in [-0.4, -0.2) is 37.6 Å². The monoisotopic (exact) mass is 409 g/mol. The highest BCUT2D eigenvalue weighted by atomic mass is 32.2. The average Bonchev–Trinajstić information content (AvgIpc) is 3.10. The molecule has 9 heteroatoms. The molecule has 0 aliphatic heterocycles. The Balaban J connectivity index is 2.19. The number of hydrogen-bond acceptors (Lipinski definition) is 5. The molecule has 1 aromatic heterocycles. The molecule has 2 rings (SSSR count). The summed E-state index contributed by atoms with van der Waals surface area (Å²) in [6.07, 6.45) is 1.45. The largest absolute Gasteiger partial charge is 0.366 e. The number of benzene rings is 1. The van der Waals surface area contributed by atoms with Crippen molar-refractivity contribution in [2.24, 2.45) is 5.73 Å². The first-order valence-corrected chi connectivity index (χ1v) is 10.9. The summed E-state index contributed by atoms with van der Waals surface area (Å²) in [5.41, 5.74) is 5.79. The molecule has 0 aliphatic rings. The van der Waals surface area contributed by atoms with Crippen molar-refractivity contribution in [1.82, 2.24) is 4.31 Å². The second-order valence-corrected chi connectivity index (χ2v) is 8.76. The second-order valence-electron chi connectivity index (χ2n) is 5.91. The van der Waals surface area contributed by atoms with Crippen LogP contribution in [0.2, 0.25) is 0 Å². The number of nitrogens with one attached hydrogen (secondary N) is 1. The summed E-state index contributed by atoms with van der Waals surface area (Å²) in [6, 6.07) is 7.29. The minimum Gasteiger partial charge on any atom is -0.366 e. The lowest BCUT2D eigenvalue weighted by atomic mass is 10.2. The van der Waals surface area contributed by atoms with E-state index >= 15 is 0 Å². The molecule has 27 heavy (non-hydrogen) atoms. The van der Waals surface area contributed by atoms with Gasteiger partial charge in [-0.15, -0.1) is 11.3 Å². The van der Waals surface area contributed by atoms with Crippen LogP contribution in [0.25, 0.3) is 0 Å². The Bertz CT molecular complexity index is 899. The van der Waals surface area contributed by atoms with Gasteiger partial charge in [-0.1, -0.05) is 13.8 Å². The van der Waals surface area contributed by atoms with E-state index in [0.717, 1.165) is 12.8 Å². The van der Waals surface area contributed by atoms with Crippen molar-refractivity contribution in [2.45, 2.75) is 31.6 Å². The fraction of sp³-hybridized carbons (Fsp3) is 0.333. The van der Waals surface area contributed by atoms with Crippen molar-refractivity contribution in [3.05, 3.63) is 46.8 Å². The molecule has 0 bridgehead atoms. The Morgan fingerprint density at radius 3 is 2.19 bits per heavy atom. The van der Waals surface area contributed by atoms with E-state index < -0.39 is 21.8 Å². The van der Waals surface area contributed by atoms with Gasteiger partial charge >= 0.3 is 0 Å². The first-order chi connectivity index (χ1) is 12.8. The molecule has 0 radical (unpaired) electrons. The number of nitrogens with zero attached hydrogens (tertiary/aromatic N) is 1. The van der Waals surface area contributed by atoms with Gasteiger partial charge < -0.3 is 11.1 Å². The van der Waals surface area contributed by atoms with Gasteiger partial charge in [-0.25, -0.2) is 8.42 Å². The third-order valence-electron chi connectivity index (χ3n) is 3.86. The van der Waals surface area contributed by atoms with Gasteiger partial charge in [0.25, 0.3) is 11.8 Å². The molecule has 0 saturated heterocycles. The van der Waals surface area contributed by atoms with Crippen molar-refractivity contribution < 1.29 is 18.0 Å². The predicted octanol–water partition coefficient (Wildman–Crippen LogP) is 2.91. The maximum Gasteiger partial charge on any atom is 0.256 e. The number of hydrogen-bond donors (Lipinski definition) is 2. The van der Waals surface area contributed by atoms with Gasteiger partial charge in [0, 0.05) is 18.7 Å². The number of primary amides is 1. The zero-order valence-corrected chi connectivity index (χ0v) is 16.9. The number of anilines is 1. The minimum absolute atomic E-state index is 0.148. The van der Waals surface area contributed by atoms with Crippen molar-refractivity contribution in [2.75, 3.05) is 18.4 Å². The fourth-order valence-electron chi connectivity index (χ4n) is 2.55. The second kappa shape index (κ2) is 9.12. The van der Waals surface area contributed by atoms with Crippen LogP contribution in [0.5, 0.6) is 0 Å². The van der Waals surface area contributed by atoms with Gasteiger partial charge in [-0.3, -0.25) is 9.59 Å². The Kier molecular flexibility index (Phi) is 7.11. The number of amides is 2. The summed E-state index contributed by atoms with van der Waals surface area (Å²) in [6.45, 7) is 4.76. The lowest BCUT2D eigenvalue weighted by Gasteiger charge is -2.21. The van der Waals surface area contributed by atoms with E-state index in [-0.39, 0.29) is 16.0 Å². The molecule has 146 valence electrons. The van der Waals surface area contributed by atoms with Gasteiger partial charge in [-0.2, -0.15) is 4.31 Å². The lowest BCUT2D eigenvalue weighted by Crippen LogP contribution is -2.32. The van der Waals surface area contributed by atoms with Gasteiger partial charge in [0.05, 0.1) is 10.5 Å². The molecule has 3 N–H and O–H groups in total. The van der Waals surface area contributed by atoms with Crippen LogP contribution < -0.4 is 11.1 Å². The highest BCUT2D eigenvalue weighted by Crippen LogP contribution is 2.24. The molecule has 0 spiro atoms. The molecule has 2 amide bonds. The normalized spacial score (nSPS) is 11.5. The third-order valence-corrected chi connectivity index (χ3v) is 6.60. The van der Waals surface area contributed by atoms with Crippen molar-refractivity contribution in [3.63, 3.8) is 0 Å². The van der Waals surface area contributed by atoms with Crippen molar-refractivity contribution in [3.8, 4) is 0 Å². The van der Waals surface area contributed by atoms with E-state index in [2.05, 4.69) is 5.32 Å². The van der Waals surface area contributed by atoms with E-state index in [1.165, 1.54) is 46.0 Å². The molecule has 2 aromatic rings. The lowest BCUT2D eigenvalue weighted by molar-refractivity contribution is 0.100. The Morgan fingerprint density at radius 2 is 1.67 bits per heavy atom. The first-order valence-electron chi connectivity index (χ1n) is 8.60. The standard InChI is InChI=1S/C18H23N3O4S2/c1-3-10-21(11-4-2)27(24,25)14-7-5-13(6-8-14)17(23)20-18-15(16(19)22)9-12-26-18/h5-9,12H,3-4,10-11H2,1-2H3,(H2,19,22)(H,20,23). The molecule has 1 aromatic carbocycles. The number of sulfonamides is 1. The summed E-state index contributed by atoms with van der Waals surface area (Å²) < 4.78 is 26.9. The van der Waals surface area contributed by atoms with E-state index in [0.29, 0.717) is 18.1 Å². The van der Waals surface area contributed by atoms with E-state index in [9.17, 15) is 18.0 Å².